The summed E-state index contributed by atoms with van der Waals surface area (Å²) in [6.45, 7) is 2.50. The highest BCUT2D eigenvalue weighted by molar-refractivity contribution is 7.88. The van der Waals surface area contributed by atoms with Crippen LogP contribution >= 0.6 is 0 Å². The zero-order valence-electron chi connectivity index (χ0n) is 24.8. The molecule has 0 saturated heterocycles. The van der Waals surface area contributed by atoms with E-state index >= 15 is 0 Å². The van der Waals surface area contributed by atoms with Crippen LogP contribution in [0.25, 0.3) is 17.0 Å². The van der Waals surface area contributed by atoms with Crippen LogP contribution in [0.1, 0.15) is 35.2 Å². The first-order valence-corrected chi connectivity index (χ1v) is 16.5. The minimum atomic E-state index is -3.60. The number of amides is 1. The number of aryl methyl sites for hydroxylation is 2. The summed E-state index contributed by atoms with van der Waals surface area (Å²) < 4.78 is 40.4. The summed E-state index contributed by atoms with van der Waals surface area (Å²) in [6, 6.07) is 16.9. The van der Waals surface area contributed by atoms with E-state index in [1.165, 1.54) is 4.31 Å². The number of imidazole rings is 2. The number of ether oxygens (including phenoxy) is 1. The predicted molar refractivity (Wildman–Crippen MR) is 168 cm³/mol. The quantitative estimate of drug-likeness (QED) is 0.302. The second-order valence-electron chi connectivity index (χ2n) is 11.0. The van der Waals surface area contributed by atoms with E-state index in [1.54, 1.807) is 16.9 Å². The molecule has 6 rings (SSSR count). The van der Waals surface area contributed by atoms with E-state index in [0.29, 0.717) is 50.3 Å². The monoisotopic (exact) mass is 615 g/mol. The van der Waals surface area contributed by atoms with Gasteiger partial charge in [-0.25, -0.2) is 17.9 Å². The summed E-state index contributed by atoms with van der Waals surface area (Å²) in [7, 11) is -1.71. The SMILES string of the molecule is Cn1ccn2ncc(C(=O)N3CCCCN(S(=O)(=O)Cc4ccccc4)CCOc4cccc(c4)-c4nccn4CCC3)c12. The lowest BCUT2D eigenvalue weighted by Crippen LogP contribution is -2.37. The van der Waals surface area contributed by atoms with Crippen LogP contribution in [0.4, 0.5) is 0 Å². The van der Waals surface area contributed by atoms with Crippen molar-refractivity contribution in [1.29, 1.82) is 0 Å². The van der Waals surface area contributed by atoms with Crippen molar-refractivity contribution in [3.05, 3.63) is 96.7 Å². The zero-order valence-corrected chi connectivity index (χ0v) is 25.6. The predicted octanol–water partition coefficient (Wildman–Crippen LogP) is 4.07. The Hall–Kier alpha value is -4.42. The van der Waals surface area contributed by atoms with Crippen LogP contribution in [-0.4, -0.2) is 80.0 Å². The van der Waals surface area contributed by atoms with Crippen LogP contribution in [0.5, 0.6) is 5.75 Å². The number of carbonyl (C=O) groups is 1. The topological polar surface area (TPSA) is 107 Å². The summed E-state index contributed by atoms with van der Waals surface area (Å²) >= 11 is 0. The normalized spacial score (nSPS) is 15.9. The molecule has 4 heterocycles. The van der Waals surface area contributed by atoms with Crippen molar-refractivity contribution in [2.45, 2.75) is 31.6 Å². The Labute approximate surface area is 257 Å². The Kier molecular flexibility index (Phi) is 8.80. The maximum atomic E-state index is 13.9. The second kappa shape index (κ2) is 13.1. The van der Waals surface area contributed by atoms with Crippen molar-refractivity contribution < 1.29 is 17.9 Å². The molecule has 5 aromatic rings. The summed E-state index contributed by atoms with van der Waals surface area (Å²) in [4.78, 5) is 20.3. The first-order valence-electron chi connectivity index (χ1n) is 14.9. The fourth-order valence-corrected chi connectivity index (χ4v) is 7.27. The maximum Gasteiger partial charge on any atom is 0.259 e. The first kappa shape index (κ1) is 29.6. The third kappa shape index (κ3) is 6.56. The van der Waals surface area contributed by atoms with Gasteiger partial charge in [-0.05, 0) is 37.0 Å². The molecule has 0 aliphatic carbocycles. The lowest BCUT2D eigenvalue weighted by atomic mass is 10.2. The molecule has 0 fully saturated rings. The van der Waals surface area contributed by atoms with Crippen molar-refractivity contribution in [2.75, 3.05) is 32.8 Å². The number of carbonyl (C=O) groups excluding carboxylic acids is 1. The average molecular weight is 616 g/mol. The molecule has 230 valence electrons. The highest BCUT2D eigenvalue weighted by atomic mass is 32.2. The van der Waals surface area contributed by atoms with E-state index in [0.717, 1.165) is 29.0 Å². The largest absolute Gasteiger partial charge is 0.492 e. The standard InChI is InChI=1S/C32H37N7O4S/c1-35-19-20-39-31(35)29(24-34-39)32(40)37-14-5-6-17-38(44(41,42)25-26-9-3-2-4-10-26)21-22-43-28-12-7-11-27(23-28)30-33-13-18-36(30)15-8-16-37/h2-4,7,9-13,18-20,23-24H,5-6,8,14-17,21-22,25H2,1H3. The van der Waals surface area contributed by atoms with Gasteiger partial charge >= 0.3 is 0 Å². The van der Waals surface area contributed by atoms with Crippen LogP contribution in [0.3, 0.4) is 0 Å². The molecule has 1 amide bonds. The van der Waals surface area contributed by atoms with Crippen molar-refractivity contribution >= 4 is 21.6 Å². The Balaban J connectivity index is 1.26. The van der Waals surface area contributed by atoms with E-state index < -0.39 is 10.0 Å². The van der Waals surface area contributed by atoms with E-state index in [1.807, 2.05) is 89.7 Å². The van der Waals surface area contributed by atoms with Crippen molar-refractivity contribution in [2.24, 2.45) is 7.05 Å². The molecule has 1 aliphatic heterocycles. The minimum Gasteiger partial charge on any atom is -0.492 e. The van der Waals surface area contributed by atoms with Crippen LogP contribution in [-0.2, 0) is 29.4 Å². The van der Waals surface area contributed by atoms with Gasteiger partial charge in [0, 0.05) is 70.1 Å². The summed E-state index contributed by atoms with van der Waals surface area (Å²) in [5.41, 5.74) is 2.94. The van der Waals surface area contributed by atoms with E-state index in [4.69, 9.17) is 4.74 Å². The number of hydrogen-bond acceptors (Lipinski definition) is 6. The number of hydrogen-bond donors (Lipinski definition) is 0. The Morgan fingerprint density at radius 2 is 1.73 bits per heavy atom. The molecule has 11 nitrogen and oxygen atoms in total. The number of fused-ring (bicyclic) bond motifs is 5. The molecule has 2 bridgehead atoms. The van der Waals surface area contributed by atoms with Gasteiger partial charge in [-0.1, -0.05) is 42.5 Å². The third-order valence-corrected chi connectivity index (χ3v) is 9.82. The van der Waals surface area contributed by atoms with Gasteiger partial charge in [0.2, 0.25) is 10.0 Å². The number of nitrogens with zero attached hydrogens (tertiary/aromatic N) is 7. The van der Waals surface area contributed by atoms with Gasteiger partial charge in [0.05, 0.1) is 11.9 Å². The maximum absolute atomic E-state index is 13.9. The molecule has 0 spiro atoms. The Morgan fingerprint density at radius 1 is 0.909 bits per heavy atom. The Morgan fingerprint density at radius 3 is 2.59 bits per heavy atom. The van der Waals surface area contributed by atoms with Crippen molar-refractivity contribution in [3.63, 3.8) is 0 Å². The van der Waals surface area contributed by atoms with Gasteiger partial charge in [0.1, 0.15) is 29.4 Å². The van der Waals surface area contributed by atoms with E-state index in [2.05, 4.69) is 14.6 Å². The van der Waals surface area contributed by atoms with Crippen LogP contribution in [0.2, 0.25) is 0 Å². The minimum absolute atomic E-state index is 0.0785. The average Bonchev–Trinajstić information content (AvgIpc) is 3.75. The van der Waals surface area contributed by atoms with E-state index in [-0.39, 0.29) is 24.8 Å². The fraction of sp³-hybridized carbons (Fsp3) is 0.344. The van der Waals surface area contributed by atoms with Gasteiger partial charge in [-0.15, -0.1) is 0 Å². The zero-order chi connectivity index (χ0) is 30.5. The molecular weight excluding hydrogens is 578 g/mol. The number of rotatable bonds is 4. The highest BCUT2D eigenvalue weighted by Gasteiger charge is 2.24. The number of benzene rings is 2. The molecule has 0 unspecified atom stereocenters. The lowest BCUT2D eigenvalue weighted by molar-refractivity contribution is 0.0749. The first-order chi connectivity index (χ1) is 21.4. The van der Waals surface area contributed by atoms with Gasteiger partial charge in [0.25, 0.3) is 5.91 Å². The number of aromatic nitrogens is 5. The van der Waals surface area contributed by atoms with Gasteiger partial charge < -0.3 is 18.8 Å². The van der Waals surface area contributed by atoms with E-state index in [9.17, 15) is 13.2 Å². The molecule has 2 aromatic carbocycles. The summed E-state index contributed by atoms with van der Waals surface area (Å²) in [6.07, 6.45) is 11.0. The molecule has 0 N–H and O–H groups in total. The third-order valence-electron chi connectivity index (χ3n) is 7.97. The molecule has 44 heavy (non-hydrogen) atoms. The number of sulfonamides is 1. The highest BCUT2D eigenvalue weighted by Crippen LogP contribution is 2.24. The molecule has 0 radical (unpaired) electrons. The Bertz CT molecular complexity index is 1830. The van der Waals surface area contributed by atoms with Crippen molar-refractivity contribution in [3.8, 4) is 17.1 Å². The van der Waals surface area contributed by atoms with Crippen molar-refractivity contribution in [1.82, 2.24) is 32.9 Å². The molecule has 12 heteroatoms. The molecular formula is C32H37N7O4S. The van der Waals surface area contributed by atoms with Gasteiger partial charge in [-0.2, -0.15) is 9.40 Å². The van der Waals surface area contributed by atoms with Crippen LogP contribution in [0, 0.1) is 0 Å². The van der Waals surface area contributed by atoms with Crippen LogP contribution in [0.15, 0.2) is 85.6 Å². The molecule has 0 saturated carbocycles. The smallest absolute Gasteiger partial charge is 0.259 e. The molecule has 3 aromatic heterocycles. The molecule has 0 atom stereocenters. The second-order valence-corrected chi connectivity index (χ2v) is 13.0. The fourth-order valence-electron chi connectivity index (χ4n) is 5.72. The summed E-state index contributed by atoms with van der Waals surface area (Å²) in [5, 5.41) is 4.37. The van der Waals surface area contributed by atoms with Crippen LogP contribution < -0.4 is 4.74 Å². The summed E-state index contributed by atoms with van der Waals surface area (Å²) in [5.74, 6) is 1.31. The van der Waals surface area contributed by atoms with Gasteiger partial charge in [0.15, 0.2) is 0 Å². The van der Waals surface area contributed by atoms with Gasteiger partial charge in [-0.3, -0.25) is 4.79 Å². The lowest BCUT2D eigenvalue weighted by Gasteiger charge is -2.25. The molecule has 1 aliphatic rings.